The van der Waals surface area contributed by atoms with Crippen molar-refractivity contribution in [2.45, 2.75) is 12.8 Å². The molecule has 2 heteroatoms. The fourth-order valence-corrected chi connectivity index (χ4v) is 2.50. The molecule has 1 nitrogen and oxygen atoms in total. The topological polar surface area (TPSA) is 9.23 Å². The second kappa shape index (κ2) is 5.98. The minimum absolute atomic E-state index is 0.830. The highest BCUT2D eigenvalue weighted by atomic mass is 35.5. The fourth-order valence-electron chi connectivity index (χ4n) is 2.22. The van der Waals surface area contributed by atoms with Crippen molar-refractivity contribution in [1.82, 2.24) is 0 Å². The predicted octanol–water partition coefficient (Wildman–Crippen LogP) is 5.78. The molecule has 1 aliphatic rings. The van der Waals surface area contributed by atoms with Crippen molar-refractivity contribution in [3.63, 3.8) is 0 Å². The first-order valence-corrected chi connectivity index (χ1v) is 7.09. The third kappa shape index (κ3) is 2.94. The minimum Gasteiger partial charge on any atom is -0.457 e. The van der Waals surface area contributed by atoms with Crippen molar-refractivity contribution in [2.75, 3.05) is 0 Å². The van der Waals surface area contributed by atoms with Gasteiger partial charge in [-0.1, -0.05) is 54.1 Å². The van der Waals surface area contributed by atoms with Gasteiger partial charge >= 0.3 is 0 Å². The lowest BCUT2D eigenvalue weighted by Crippen LogP contribution is -1.90. The van der Waals surface area contributed by atoms with Gasteiger partial charge in [-0.25, -0.2) is 0 Å². The molecule has 0 atom stereocenters. The van der Waals surface area contributed by atoms with Gasteiger partial charge in [0.2, 0.25) is 0 Å². The lowest BCUT2D eigenvalue weighted by atomic mass is 9.99. The first-order chi connectivity index (χ1) is 9.83. The normalized spacial score (nSPS) is 14.4. The van der Waals surface area contributed by atoms with Crippen molar-refractivity contribution >= 4 is 17.2 Å². The minimum atomic E-state index is 0.830. The van der Waals surface area contributed by atoms with Gasteiger partial charge in [0.25, 0.3) is 0 Å². The quantitative estimate of drug-likeness (QED) is 0.693. The summed E-state index contributed by atoms with van der Waals surface area (Å²) in [4.78, 5) is 0. The van der Waals surface area contributed by atoms with Crippen LogP contribution in [0.1, 0.15) is 18.4 Å². The van der Waals surface area contributed by atoms with Crippen LogP contribution in [0, 0.1) is 0 Å². The molecule has 0 spiro atoms. The molecule has 0 radical (unpaired) electrons. The monoisotopic (exact) mass is 282 g/mol. The standard InChI is InChI=1S/C18H15ClO/c19-18-9-5-4-8-17(18)14-10-12-16(13-11-14)20-15-6-2-1-3-7-15/h1-4,6-8,10-13H,5,9H2. The average molecular weight is 283 g/mol. The smallest absolute Gasteiger partial charge is 0.127 e. The first kappa shape index (κ1) is 13.0. The second-order valence-corrected chi connectivity index (χ2v) is 5.16. The van der Waals surface area contributed by atoms with Crippen LogP contribution >= 0.6 is 11.6 Å². The lowest BCUT2D eigenvalue weighted by molar-refractivity contribution is 0.482. The van der Waals surface area contributed by atoms with Crippen molar-refractivity contribution in [3.8, 4) is 11.5 Å². The van der Waals surface area contributed by atoms with Crippen molar-refractivity contribution in [3.05, 3.63) is 77.3 Å². The molecule has 0 N–H and O–H groups in total. The summed E-state index contributed by atoms with van der Waals surface area (Å²) in [6, 6.07) is 17.8. The molecule has 0 heterocycles. The Balaban J connectivity index is 1.80. The molecule has 0 fully saturated rings. The molecule has 100 valence electrons. The Hall–Kier alpha value is -1.99. The number of halogens is 1. The Morgan fingerprint density at radius 2 is 1.55 bits per heavy atom. The molecule has 0 amide bonds. The number of hydrogen-bond donors (Lipinski definition) is 0. The van der Waals surface area contributed by atoms with Gasteiger partial charge < -0.3 is 4.74 Å². The molecule has 0 unspecified atom stereocenters. The van der Waals surface area contributed by atoms with E-state index in [1.165, 1.54) is 0 Å². The van der Waals surface area contributed by atoms with Crippen LogP contribution < -0.4 is 4.74 Å². The van der Waals surface area contributed by atoms with E-state index < -0.39 is 0 Å². The van der Waals surface area contributed by atoms with E-state index in [9.17, 15) is 0 Å². The van der Waals surface area contributed by atoms with E-state index in [4.69, 9.17) is 16.3 Å². The first-order valence-electron chi connectivity index (χ1n) is 6.71. The van der Waals surface area contributed by atoms with Crippen molar-refractivity contribution in [2.24, 2.45) is 0 Å². The van der Waals surface area contributed by atoms with E-state index in [1.54, 1.807) is 0 Å². The van der Waals surface area contributed by atoms with Gasteiger partial charge in [0.1, 0.15) is 11.5 Å². The zero-order chi connectivity index (χ0) is 13.8. The van der Waals surface area contributed by atoms with Gasteiger partial charge in [-0.05, 0) is 48.2 Å². The molecular formula is C18H15ClO. The van der Waals surface area contributed by atoms with Gasteiger partial charge in [0.05, 0.1) is 0 Å². The highest BCUT2D eigenvalue weighted by molar-refractivity contribution is 6.33. The van der Waals surface area contributed by atoms with E-state index in [0.717, 1.165) is 40.5 Å². The van der Waals surface area contributed by atoms with Crippen LogP contribution in [0.15, 0.2) is 71.8 Å². The van der Waals surface area contributed by atoms with E-state index in [2.05, 4.69) is 12.2 Å². The summed E-state index contributed by atoms with van der Waals surface area (Å²) in [6.07, 6.45) is 6.21. The Morgan fingerprint density at radius 1 is 0.850 bits per heavy atom. The largest absolute Gasteiger partial charge is 0.457 e. The number of ether oxygens (including phenoxy) is 1. The van der Waals surface area contributed by atoms with E-state index in [1.807, 2.05) is 54.6 Å². The van der Waals surface area contributed by atoms with Gasteiger partial charge in [0, 0.05) is 5.03 Å². The number of allylic oxidation sites excluding steroid dienone is 4. The maximum Gasteiger partial charge on any atom is 0.127 e. The van der Waals surface area contributed by atoms with Crippen LogP contribution in [-0.4, -0.2) is 0 Å². The molecule has 0 saturated carbocycles. The van der Waals surface area contributed by atoms with Crippen LogP contribution in [0.5, 0.6) is 11.5 Å². The molecule has 0 aromatic heterocycles. The molecule has 2 aromatic carbocycles. The van der Waals surface area contributed by atoms with Gasteiger partial charge in [-0.15, -0.1) is 0 Å². The number of rotatable bonds is 3. The SMILES string of the molecule is ClC1=C(c2ccc(Oc3ccccc3)cc2)C=CCC1. The van der Waals surface area contributed by atoms with Gasteiger partial charge in [0.15, 0.2) is 0 Å². The molecule has 20 heavy (non-hydrogen) atoms. The fraction of sp³-hybridized carbons (Fsp3) is 0.111. The molecule has 1 aliphatic carbocycles. The van der Waals surface area contributed by atoms with E-state index in [0.29, 0.717) is 0 Å². The average Bonchev–Trinajstić information content (AvgIpc) is 2.50. The summed E-state index contributed by atoms with van der Waals surface area (Å²) in [7, 11) is 0. The Bertz CT molecular complexity index is 639. The lowest BCUT2D eigenvalue weighted by Gasteiger charge is -2.12. The predicted molar refractivity (Wildman–Crippen MR) is 84.1 cm³/mol. The van der Waals surface area contributed by atoms with Crippen molar-refractivity contribution < 1.29 is 4.74 Å². The van der Waals surface area contributed by atoms with Crippen LogP contribution in [0.3, 0.4) is 0 Å². The summed E-state index contributed by atoms with van der Waals surface area (Å²) in [5, 5.41) is 0.934. The maximum absolute atomic E-state index is 6.28. The third-order valence-electron chi connectivity index (χ3n) is 3.25. The second-order valence-electron chi connectivity index (χ2n) is 4.70. The Labute approximate surface area is 124 Å². The number of benzene rings is 2. The maximum atomic E-state index is 6.28. The van der Waals surface area contributed by atoms with Crippen LogP contribution in [0.25, 0.3) is 5.57 Å². The molecule has 0 saturated heterocycles. The number of hydrogen-bond acceptors (Lipinski definition) is 1. The van der Waals surface area contributed by atoms with E-state index in [-0.39, 0.29) is 0 Å². The van der Waals surface area contributed by atoms with Crippen LogP contribution in [0.4, 0.5) is 0 Å². The summed E-state index contributed by atoms with van der Waals surface area (Å²) >= 11 is 6.28. The highest BCUT2D eigenvalue weighted by Crippen LogP contribution is 2.31. The Kier molecular flexibility index (Phi) is 3.89. The summed E-state index contributed by atoms with van der Waals surface area (Å²) in [5.41, 5.74) is 2.25. The highest BCUT2D eigenvalue weighted by Gasteiger charge is 2.08. The third-order valence-corrected chi connectivity index (χ3v) is 3.64. The zero-order valence-corrected chi connectivity index (χ0v) is 11.8. The Morgan fingerprint density at radius 3 is 2.25 bits per heavy atom. The van der Waals surface area contributed by atoms with Crippen LogP contribution in [0.2, 0.25) is 0 Å². The molecular weight excluding hydrogens is 268 g/mol. The van der Waals surface area contributed by atoms with Crippen LogP contribution in [-0.2, 0) is 0 Å². The molecule has 3 rings (SSSR count). The van der Waals surface area contributed by atoms with Gasteiger partial charge in [-0.2, -0.15) is 0 Å². The summed E-state index contributed by atoms with van der Waals surface area (Å²) in [6.45, 7) is 0. The molecule has 2 aromatic rings. The van der Waals surface area contributed by atoms with E-state index >= 15 is 0 Å². The molecule has 0 aliphatic heterocycles. The summed E-state index contributed by atoms with van der Waals surface area (Å²) < 4.78 is 5.78. The summed E-state index contributed by atoms with van der Waals surface area (Å²) in [5.74, 6) is 1.67. The zero-order valence-electron chi connectivity index (χ0n) is 11.1. The van der Waals surface area contributed by atoms with Crippen molar-refractivity contribution in [1.29, 1.82) is 0 Å². The molecule has 0 bridgehead atoms. The van der Waals surface area contributed by atoms with Gasteiger partial charge in [-0.3, -0.25) is 0 Å². The number of para-hydroxylation sites is 1.